The number of nitrogens with one attached hydrogen (secondary N) is 2. The second-order valence-electron chi connectivity index (χ2n) is 8.81. The number of anilines is 1. The lowest BCUT2D eigenvalue weighted by Gasteiger charge is -2.29. The first kappa shape index (κ1) is 25.6. The standard InChI is InChI=1S/C26H37N5O.HI/c1-27-26(29-19-25(30-14-6-7-15-30)22-9-4-3-5-10-22)28-18-21-13-16-31(20-21)23-11-8-12-24(17-23)32-2;/h3-5,8-12,17,21,25H,6-7,13-16,18-20H2,1-2H3,(H2,27,28,29);1H. The molecule has 0 spiro atoms. The fraction of sp³-hybridized carbons (Fsp3) is 0.500. The van der Waals surface area contributed by atoms with Crippen LogP contribution in [0.1, 0.15) is 30.9 Å². The minimum atomic E-state index is 0. The maximum absolute atomic E-state index is 5.38. The van der Waals surface area contributed by atoms with Crippen molar-refractivity contribution in [3.63, 3.8) is 0 Å². The smallest absolute Gasteiger partial charge is 0.191 e. The summed E-state index contributed by atoms with van der Waals surface area (Å²) in [4.78, 5) is 9.53. The first-order chi connectivity index (χ1) is 15.8. The Kier molecular flexibility index (Phi) is 10.1. The molecule has 0 radical (unpaired) electrons. The Balaban J connectivity index is 0.00000306. The maximum atomic E-state index is 5.38. The van der Waals surface area contributed by atoms with E-state index >= 15 is 0 Å². The van der Waals surface area contributed by atoms with Gasteiger partial charge in [0.2, 0.25) is 0 Å². The molecule has 2 aliphatic rings. The fourth-order valence-corrected chi connectivity index (χ4v) is 4.88. The highest BCUT2D eigenvalue weighted by Gasteiger charge is 2.25. The van der Waals surface area contributed by atoms with Crippen molar-refractivity contribution in [1.29, 1.82) is 0 Å². The molecular weight excluding hydrogens is 525 g/mol. The summed E-state index contributed by atoms with van der Waals surface area (Å²) < 4.78 is 5.38. The predicted octanol–water partition coefficient (Wildman–Crippen LogP) is 4.14. The molecule has 2 aromatic rings. The molecule has 2 unspecified atom stereocenters. The van der Waals surface area contributed by atoms with Crippen LogP contribution < -0.4 is 20.3 Å². The summed E-state index contributed by atoms with van der Waals surface area (Å²) in [7, 11) is 3.58. The number of guanidine groups is 1. The molecular formula is C26H38IN5O. The van der Waals surface area contributed by atoms with Crippen LogP contribution in [0.5, 0.6) is 5.75 Å². The molecule has 2 saturated heterocycles. The van der Waals surface area contributed by atoms with E-state index in [2.05, 4.69) is 74.0 Å². The average Bonchev–Trinajstić information content (AvgIpc) is 3.55. The van der Waals surface area contributed by atoms with Crippen molar-refractivity contribution in [1.82, 2.24) is 15.5 Å². The third-order valence-corrected chi connectivity index (χ3v) is 6.71. The maximum Gasteiger partial charge on any atom is 0.191 e. The molecule has 0 aliphatic carbocycles. The van der Waals surface area contributed by atoms with Gasteiger partial charge in [0, 0.05) is 45.0 Å². The van der Waals surface area contributed by atoms with E-state index in [0.717, 1.165) is 37.9 Å². The number of ether oxygens (including phenoxy) is 1. The molecule has 0 aromatic heterocycles. The minimum absolute atomic E-state index is 0. The largest absolute Gasteiger partial charge is 0.497 e. The SMILES string of the molecule is CN=C(NCC1CCN(c2cccc(OC)c2)C1)NCC(c1ccccc1)N1CCCC1.I. The quantitative estimate of drug-likeness (QED) is 0.288. The summed E-state index contributed by atoms with van der Waals surface area (Å²) in [5.41, 5.74) is 2.62. The van der Waals surface area contributed by atoms with E-state index in [9.17, 15) is 0 Å². The third-order valence-electron chi connectivity index (χ3n) is 6.71. The summed E-state index contributed by atoms with van der Waals surface area (Å²) in [5.74, 6) is 2.41. The summed E-state index contributed by atoms with van der Waals surface area (Å²) in [6.45, 7) is 6.28. The summed E-state index contributed by atoms with van der Waals surface area (Å²) in [6.07, 6.45) is 3.77. The van der Waals surface area contributed by atoms with Crippen molar-refractivity contribution in [3.8, 4) is 5.75 Å². The Morgan fingerprint density at radius 3 is 2.58 bits per heavy atom. The van der Waals surface area contributed by atoms with Gasteiger partial charge in [0.15, 0.2) is 5.96 Å². The van der Waals surface area contributed by atoms with Crippen molar-refractivity contribution < 1.29 is 4.74 Å². The molecule has 0 saturated carbocycles. The lowest BCUT2D eigenvalue weighted by Crippen LogP contribution is -2.44. The van der Waals surface area contributed by atoms with Gasteiger partial charge >= 0.3 is 0 Å². The van der Waals surface area contributed by atoms with Crippen LogP contribution in [0.4, 0.5) is 5.69 Å². The fourth-order valence-electron chi connectivity index (χ4n) is 4.88. The molecule has 33 heavy (non-hydrogen) atoms. The Bertz CT molecular complexity index is 872. The number of rotatable bonds is 8. The van der Waals surface area contributed by atoms with Gasteiger partial charge in [0.05, 0.1) is 13.2 Å². The highest BCUT2D eigenvalue weighted by molar-refractivity contribution is 14.0. The van der Waals surface area contributed by atoms with Gasteiger partial charge in [0.1, 0.15) is 5.75 Å². The zero-order valence-electron chi connectivity index (χ0n) is 19.9. The molecule has 2 N–H and O–H groups in total. The van der Waals surface area contributed by atoms with E-state index in [4.69, 9.17) is 4.74 Å². The van der Waals surface area contributed by atoms with E-state index in [0.29, 0.717) is 12.0 Å². The van der Waals surface area contributed by atoms with Crippen LogP contribution in [0.2, 0.25) is 0 Å². The highest BCUT2D eigenvalue weighted by Crippen LogP contribution is 2.27. The first-order valence-corrected chi connectivity index (χ1v) is 11.9. The molecule has 2 aromatic carbocycles. The number of aliphatic imine (C=N–C) groups is 1. The number of nitrogens with zero attached hydrogens (tertiary/aromatic N) is 3. The van der Waals surface area contributed by atoms with E-state index in [1.807, 2.05) is 13.1 Å². The second-order valence-corrected chi connectivity index (χ2v) is 8.81. The zero-order chi connectivity index (χ0) is 22.2. The predicted molar refractivity (Wildman–Crippen MR) is 148 cm³/mol. The van der Waals surface area contributed by atoms with E-state index in [1.54, 1.807) is 7.11 Å². The Hall–Kier alpha value is -2.00. The van der Waals surface area contributed by atoms with Gasteiger partial charge in [-0.05, 0) is 56.0 Å². The number of likely N-dealkylation sites (tertiary alicyclic amines) is 1. The minimum Gasteiger partial charge on any atom is -0.497 e. The van der Waals surface area contributed by atoms with E-state index in [1.165, 1.54) is 43.6 Å². The molecule has 7 heteroatoms. The van der Waals surface area contributed by atoms with Gasteiger partial charge in [-0.1, -0.05) is 36.4 Å². The van der Waals surface area contributed by atoms with Gasteiger partial charge in [-0.3, -0.25) is 9.89 Å². The molecule has 6 nitrogen and oxygen atoms in total. The zero-order valence-corrected chi connectivity index (χ0v) is 22.2. The molecule has 4 rings (SSSR count). The Morgan fingerprint density at radius 2 is 1.85 bits per heavy atom. The topological polar surface area (TPSA) is 52.1 Å². The van der Waals surface area contributed by atoms with Crippen LogP contribution in [0.25, 0.3) is 0 Å². The second kappa shape index (κ2) is 13.0. The van der Waals surface area contributed by atoms with Crippen LogP contribution in [-0.2, 0) is 0 Å². The van der Waals surface area contributed by atoms with Gasteiger partial charge in [-0.2, -0.15) is 0 Å². The number of benzene rings is 2. The van der Waals surface area contributed by atoms with Crippen LogP contribution in [-0.4, -0.2) is 64.3 Å². The Morgan fingerprint density at radius 1 is 1.06 bits per heavy atom. The van der Waals surface area contributed by atoms with Gasteiger partial charge in [-0.15, -0.1) is 24.0 Å². The molecule has 2 aliphatic heterocycles. The molecule has 2 heterocycles. The molecule has 2 atom stereocenters. The summed E-state index contributed by atoms with van der Waals surface area (Å²) in [6, 6.07) is 19.6. The number of halogens is 1. The molecule has 0 amide bonds. The van der Waals surface area contributed by atoms with Gasteiger partial charge in [0.25, 0.3) is 0 Å². The van der Waals surface area contributed by atoms with Crippen molar-refractivity contribution in [2.75, 3.05) is 58.3 Å². The molecule has 180 valence electrons. The number of methoxy groups -OCH3 is 1. The van der Waals surface area contributed by atoms with Crippen LogP contribution >= 0.6 is 24.0 Å². The van der Waals surface area contributed by atoms with E-state index < -0.39 is 0 Å². The van der Waals surface area contributed by atoms with Crippen molar-refractivity contribution in [2.24, 2.45) is 10.9 Å². The lowest BCUT2D eigenvalue weighted by atomic mass is 10.1. The molecule has 2 fully saturated rings. The number of hydrogen-bond donors (Lipinski definition) is 2. The third kappa shape index (κ3) is 6.99. The van der Waals surface area contributed by atoms with E-state index in [-0.39, 0.29) is 24.0 Å². The van der Waals surface area contributed by atoms with Gasteiger partial charge < -0.3 is 20.3 Å². The number of hydrogen-bond acceptors (Lipinski definition) is 4. The summed E-state index contributed by atoms with van der Waals surface area (Å²) in [5, 5.41) is 7.17. The first-order valence-electron chi connectivity index (χ1n) is 11.9. The Labute approximate surface area is 215 Å². The van der Waals surface area contributed by atoms with Crippen LogP contribution in [0.15, 0.2) is 59.6 Å². The highest BCUT2D eigenvalue weighted by atomic mass is 127. The van der Waals surface area contributed by atoms with Crippen molar-refractivity contribution in [2.45, 2.75) is 25.3 Å². The lowest BCUT2D eigenvalue weighted by molar-refractivity contribution is 0.245. The normalized spacial score (nSPS) is 19.8. The van der Waals surface area contributed by atoms with Crippen molar-refractivity contribution in [3.05, 3.63) is 60.2 Å². The van der Waals surface area contributed by atoms with Crippen molar-refractivity contribution >= 4 is 35.6 Å². The summed E-state index contributed by atoms with van der Waals surface area (Å²) >= 11 is 0. The van der Waals surface area contributed by atoms with Crippen LogP contribution in [0, 0.1) is 5.92 Å². The molecule has 0 bridgehead atoms. The average molecular weight is 564 g/mol. The monoisotopic (exact) mass is 563 g/mol. The van der Waals surface area contributed by atoms with Crippen LogP contribution in [0.3, 0.4) is 0 Å². The van der Waals surface area contributed by atoms with Gasteiger partial charge in [-0.25, -0.2) is 0 Å².